The number of rotatable bonds is 8. The van der Waals surface area contributed by atoms with Crippen LogP contribution in [0.15, 0.2) is 53.4 Å². The molecule has 0 aromatic heterocycles. The summed E-state index contributed by atoms with van der Waals surface area (Å²) in [5, 5.41) is 3.00. The highest BCUT2D eigenvalue weighted by atomic mass is 32.2. The molecule has 0 bridgehead atoms. The minimum atomic E-state index is -3.52. The summed E-state index contributed by atoms with van der Waals surface area (Å²) in [6.45, 7) is 6.44. The van der Waals surface area contributed by atoms with E-state index in [0.29, 0.717) is 12.3 Å². The summed E-state index contributed by atoms with van der Waals surface area (Å²) < 4.78 is 26.3. The number of carbonyl (C=O) groups is 1. The van der Waals surface area contributed by atoms with Gasteiger partial charge in [-0.15, -0.1) is 0 Å². The fraction of sp³-hybridized carbons (Fsp3) is 0.381. The Morgan fingerprint density at radius 3 is 2.37 bits per heavy atom. The monoisotopic (exact) mass is 388 g/mol. The molecule has 0 radical (unpaired) electrons. The number of nitrogens with zero attached hydrogens (tertiary/aromatic N) is 1. The lowest BCUT2D eigenvalue weighted by atomic mass is 9.98. The molecule has 27 heavy (non-hydrogen) atoms. The van der Waals surface area contributed by atoms with Gasteiger partial charge in [-0.3, -0.25) is 4.79 Å². The van der Waals surface area contributed by atoms with Gasteiger partial charge in [0.05, 0.1) is 4.90 Å². The SMILES string of the molecule is Cc1cccc(C(C)C)c1NC(=O)CCCN(C)S(=O)(=O)c1ccccc1. The standard InChI is InChI=1S/C21H28N2O3S/c1-16(2)19-13-8-10-17(3)21(19)22-20(24)14-9-15-23(4)27(25,26)18-11-6-5-7-12-18/h5-8,10-13,16H,9,14-15H2,1-4H3,(H,22,24). The summed E-state index contributed by atoms with van der Waals surface area (Å²) in [4.78, 5) is 12.6. The topological polar surface area (TPSA) is 66.5 Å². The van der Waals surface area contributed by atoms with Crippen LogP contribution in [-0.2, 0) is 14.8 Å². The lowest BCUT2D eigenvalue weighted by Gasteiger charge is -2.18. The van der Waals surface area contributed by atoms with Gasteiger partial charge in [-0.1, -0.05) is 50.2 Å². The van der Waals surface area contributed by atoms with Gasteiger partial charge in [-0.05, 0) is 42.5 Å². The van der Waals surface area contributed by atoms with Gasteiger partial charge in [0.15, 0.2) is 0 Å². The van der Waals surface area contributed by atoms with Crippen LogP contribution < -0.4 is 5.32 Å². The smallest absolute Gasteiger partial charge is 0.242 e. The molecule has 0 saturated carbocycles. The van der Waals surface area contributed by atoms with Crippen molar-refractivity contribution < 1.29 is 13.2 Å². The van der Waals surface area contributed by atoms with Crippen molar-refractivity contribution in [3.8, 4) is 0 Å². The van der Waals surface area contributed by atoms with Crippen molar-refractivity contribution in [2.45, 2.75) is 44.4 Å². The molecule has 2 aromatic rings. The highest BCUT2D eigenvalue weighted by molar-refractivity contribution is 7.89. The summed E-state index contributed by atoms with van der Waals surface area (Å²) in [7, 11) is -1.98. The van der Waals surface area contributed by atoms with E-state index in [4.69, 9.17) is 0 Å². The second-order valence-corrected chi connectivity index (χ2v) is 9.03. The van der Waals surface area contributed by atoms with Crippen molar-refractivity contribution in [3.05, 3.63) is 59.7 Å². The number of nitrogens with one attached hydrogen (secondary N) is 1. The van der Waals surface area contributed by atoms with E-state index in [2.05, 4.69) is 19.2 Å². The Morgan fingerprint density at radius 1 is 1.07 bits per heavy atom. The first-order valence-electron chi connectivity index (χ1n) is 9.14. The van der Waals surface area contributed by atoms with Crippen LogP contribution in [0.5, 0.6) is 0 Å². The maximum Gasteiger partial charge on any atom is 0.242 e. The predicted molar refractivity (Wildman–Crippen MR) is 109 cm³/mol. The third kappa shape index (κ3) is 5.40. The lowest BCUT2D eigenvalue weighted by Crippen LogP contribution is -2.28. The molecule has 2 aromatic carbocycles. The Morgan fingerprint density at radius 2 is 1.74 bits per heavy atom. The number of amides is 1. The van der Waals surface area contributed by atoms with Crippen LogP contribution in [0.3, 0.4) is 0 Å². The molecule has 6 heteroatoms. The Labute approximate surface area is 162 Å². The lowest BCUT2D eigenvalue weighted by molar-refractivity contribution is -0.116. The van der Waals surface area contributed by atoms with Crippen molar-refractivity contribution in [1.82, 2.24) is 4.31 Å². The molecule has 0 saturated heterocycles. The normalized spacial score (nSPS) is 11.8. The third-order valence-electron chi connectivity index (χ3n) is 4.52. The highest BCUT2D eigenvalue weighted by Crippen LogP contribution is 2.27. The molecule has 0 aliphatic carbocycles. The molecule has 0 spiro atoms. The number of benzene rings is 2. The Bertz CT molecular complexity index is 878. The number of aryl methyl sites for hydroxylation is 1. The summed E-state index contributed by atoms with van der Waals surface area (Å²) in [5.41, 5.74) is 2.99. The van der Waals surface area contributed by atoms with Crippen LogP contribution in [0.25, 0.3) is 0 Å². The van der Waals surface area contributed by atoms with Gasteiger partial charge in [0.2, 0.25) is 15.9 Å². The first-order valence-corrected chi connectivity index (χ1v) is 10.6. The number of para-hydroxylation sites is 1. The fourth-order valence-electron chi connectivity index (χ4n) is 2.90. The summed E-state index contributed by atoms with van der Waals surface area (Å²) in [6.07, 6.45) is 0.720. The molecule has 2 rings (SSSR count). The number of carbonyl (C=O) groups excluding carboxylic acids is 1. The maximum absolute atomic E-state index is 12.5. The molecule has 0 aliphatic heterocycles. The van der Waals surface area contributed by atoms with E-state index in [1.165, 1.54) is 4.31 Å². The molecule has 0 unspecified atom stereocenters. The molecule has 0 heterocycles. The number of sulfonamides is 1. The second kappa shape index (κ2) is 9.15. The van der Waals surface area contributed by atoms with E-state index in [9.17, 15) is 13.2 Å². The van der Waals surface area contributed by atoms with Gasteiger partial charge in [0, 0.05) is 25.7 Å². The van der Waals surface area contributed by atoms with Crippen molar-refractivity contribution in [2.75, 3.05) is 18.9 Å². The molecular weight excluding hydrogens is 360 g/mol. The van der Waals surface area contributed by atoms with Crippen LogP contribution in [0, 0.1) is 6.92 Å². The van der Waals surface area contributed by atoms with Gasteiger partial charge in [-0.25, -0.2) is 12.7 Å². The minimum Gasteiger partial charge on any atom is -0.326 e. The average Bonchev–Trinajstić information content (AvgIpc) is 2.63. The third-order valence-corrected chi connectivity index (χ3v) is 6.39. The minimum absolute atomic E-state index is 0.100. The molecule has 1 N–H and O–H groups in total. The molecule has 0 aliphatic rings. The van der Waals surface area contributed by atoms with Crippen molar-refractivity contribution in [1.29, 1.82) is 0 Å². The van der Waals surface area contributed by atoms with E-state index in [1.807, 2.05) is 25.1 Å². The second-order valence-electron chi connectivity index (χ2n) is 6.99. The molecular formula is C21H28N2O3S. The van der Waals surface area contributed by atoms with E-state index in [-0.39, 0.29) is 23.8 Å². The fourth-order valence-corrected chi connectivity index (χ4v) is 4.13. The van der Waals surface area contributed by atoms with Crippen LogP contribution in [-0.4, -0.2) is 32.2 Å². The zero-order chi connectivity index (χ0) is 20.0. The summed E-state index contributed by atoms with van der Waals surface area (Å²) in [5.74, 6) is 0.207. The molecule has 1 amide bonds. The first-order chi connectivity index (χ1) is 12.7. The molecule has 146 valence electrons. The molecule has 0 fully saturated rings. The van der Waals surface area contributed by atoms with Crippen LogP contribution in [0.2, 0.25) is 0 Å². The van der Waals surface area contributed by atoms with Crippen molar-refractivity contribution in [3.63, 3.8) is 0 Å². The quantitative estimate of drug-likeness (QED) is 0.738. The van der Waals surface area contributed by atoms with Gasteiger partial charge in [0.25, 0.3) is 0 Å². The van der Waals surface area contributed by atoms with E-state index in [1.54, 1.807) is 37.4 Å². The average molecular weight is 389 g/mol. The highest BCUT2D eigenvalue weighted by Gasteiger charge is 2.20. The summed E-state index contributed by atoms with van der Waals surface area (Å²) >= 11 is 0. The van der Waals surface area contributed by atoms with Crippen LogP contribution in [0.1, 0.15) is 43.7 Å². The Hall–Kier alpha value is -2.18. The van der Waals surface area contributed by atoms with Gasteiger partial charge >= 0.3 is 0 Å². The summed E-state index contributed by atoms with van der Waals surface area (Å²) in [6, 6.07) is 14.3. The van der Waals surface area contributed by atoms with Crippen LogP contribution in [0.4, 0.5) is 5.69 Å². The van der Waals surface area contributed by atoms with Crippen molar-refractivity contribution >= 4 is 21.6 Å². The Kier molecular flexibility index (Phi) is 7.16. The predicted octanol–water partition coefficient (Wildman–Crippen LogP) is 4.16. The van der Waals surface area contributed by atoms with Crippen molar-refractivity contribution in [2.24, 2.45) is 0 Å². The number of hydrogen-bond donors (Lipinski definition) is 1. The van der Waals surface area contributed by atoms with E-state index < -0.39 is 10.0 Å². The first kappa shape index (κ1) is 21.1. The van der Waals surface area contributed by atoms with Crippen LogP contribution >= 0.6 is 0 Å². The zero-order valence-corrected chi connectivity index (χ0v) is 17.2. The van der Waals surface area contributed by atoms with E-state index in [0.717, 1.165) is 16.8 Å². The molecule has 5 nitrogen and oxygen atoms in total. The van der Waals surface area contributed by atoms with E-state index >= 15 is 0 Å². The van der Waals surface area contributed by atoms with Gasteiger partial charge < -0.3 is 5.32 Å². The maximum atomic E-state index is 12.5. The number of anilines is 1. The Balaban J connectivity index is 1.94. The van der Waals surface area contributed by atoms with Gasteiger partial charge in [-0.2, -0.15) is 0 Å². The molecule has 0 atom stereocenters. The zero-order valence-electron chi connectivity index (χ0n) is 16.4. The largest absolute Gasteiger partial charge is 0.326 e. The number of hydrogen-bond acceptors (Lipinski definition) is 3. The van der Waals surface area contributed by atoms with Gasteiger partial charge in [0.1, 0.15) is 0 Å².